The molecule has 2 aromatic heterocycles. The smallest absolute Gasteiger partial charge is 0.332 e. The molecule has 2 aromatic carbocycles. The molecule has 0 aliphatic rings. The number of carbonyl (C=O) groups excluding carboxylic acids is 1. The lowest BCUT2D eigenvalue weighted by Crippen LogP contribution is -2.37. The number of anilines is 1. The Morgan fingerprint density at radius 1 is 0.919 bits per heavy atom. The second-order valence-corrected chi connectivity index (χ2v) is 8.83. The van der Waals surface area contributed by atoms with Crippen LogP contribution in [0.25, 0.3) is 22.4 Å². The number of fused-ring (bicyclic) bond motifs is 1. The van der Waals surface area contributed by atoms with Gasteiger partial charge in [0.15, 0.2) is 23.0 Å². The fourth-order valence-corrected chi connectivity index (χ4v) is 4.52. The first-order valence-electron chi connectivity index (χ1n) is 11.0. The van der Waals surface area contributed by atoms with Crippen LogP contribution in [0.3, 0.4) is 0 Å². The number of rotatable bonds is 8. The molecular formula is C25H25N5O6S. The Morgan fingerprint density at radius 2 is 1.62 bits per heavy atom. The Kier molecular flexibility index (Phi) is 7.48. The van der Waals surface area contributed by atoms with Gasteiger partial charge in [-0.1, -0.05) is 23.9 Å². The van der Waals surface area contributed by atoms with Gasteiger partial charge >= 0.3 is 5.69 Å². The molecule has 0 saturated carbocycles. The number of nitrogens with zero attached hydrogens (tertiary/aromatic N) is 4. The highest BCUT2D eigenvalue weighted by atomic mass is 32.2. The minimum atomic E-state index is -0.551. The maximum atomic E-state index is 13.1. The molecule has 4 rings (SSSR count). The van der Waals surface area contributed by atoms with Crippen molar-refractivity contribution in [3.63, 3.8) is 0 Å². The molecule has 0 radical (unpaired) electrons. The van der Waals surface area contributed by atoms with Crippen molar-refractivity contribution < 1.29 is 19.0 Å². The fraction of sp³-hybridized carbons (Fsp3) is 0.240. The van der Waals surface area contributed by atoms with E-state index in [1.807, 2.05) is 0 Å². The van der Waals surface area contributed by atoms with E-state index in [0.29, 0.717) is 28.5 Å². The lowest BCUT2D eigenvalue weighted by Gasteiger charge is -2.13. The normalized spacial score (nSPS) is 10.8. The summed E-state index contributed by atoms with van der Waals surface area (Å²) >= 11 is 1.07. The molecule has 192 valence electrons. The van der Waals surface area contributed by atoms with Crippen LogP contribution < -0.4 is 30.8 Å². The zero-order valence-corrected chi connectivity index (χ0v) is 21.7. The number of hydrogen-bond acceptors (Lipinski definition) is 9. The van der Waals surface area contributed by atoms with E-state index in [0.717, 1.165) is 16.3 Å². The zero-order valence-electron chi connectivity index (χ0n) is 20.9. The summed E-state index contributed by atoms with van der Waals surface area (Å²) in [7, 11) is 7.47. The molecule has 0 saturated heterocycles. The van der Waals surface area contributed by atoms with Gasteiger partial charge in [-0.15, -0.1) is 0 Å². The summed E-state index contributed by atoms with van der Waals surface area (Å²) in [6, 6.07) is 12.2. The highest BCUT2D eigenvalue weighted by Gasteiger charge is 2.20. The maximum absolute atomic E-state index is 13.1. The van der Waals surface area contributed by atoms with Gasteiger partial charge in [-0.3, -0.25) is 18.7 Å². The van der Waals surface area contributed by atoms with Crippen LogP contribution in [0.5, 0.6) is 17.2 Å². The topological polar surface area (TPSA) is 127 Å². The summed E-state index contributed by atoms with van der Waals surface area (Å²) in [4.78, 5) is 47.6. The highest BCUT2D eigenvalue weighted by molar-refractivity contribution is 8.00. The number of carbonyl (C=O) groups is 1. The van der Waals surface area contributed by atoms with Crippen LogP contribution in [0.4, 0.5) is 5.69 Å². The van der Waals surface area contributed by atoms with E-state index >= 15 is 0 Å². The van der Waals surface area contributed by atoms with Crippen molar-refractivity contribution >= 4 is 34.4 Å². The highest BCUT2D eigenvalue weighted by Crippen LogP contribution is 2.33. The molecule has 0 atom stereocenters. The van der Waals surface area contributed by atoms with Crippen LogP contribution in [-0.4, -0.2) is 52.1 Å². The second kappa shape index (κ2) is 10.7. The molecule has 0 aliphatic carbocycles. The van der Waals surface area contributed by atoms with Crippen molar-refractivity contribution in [2.24, 2.45) is 14.1 Å². The molecule has 0 aliphatic heterocycles. The number of benzene rings is 2. The van der Waals surface area contributed by atoms with Crippen molar-refractivity contribution in [2.45, 2.75) is 5.03 Å². The average molecular weight is 524 g/mol. The number of ether oxygens (including phenoxy) is 3. The number of nitrogens with one attached hydrogen (secondary N) is 1. The van der Waals surface area contributed by atoms with Crippen LogP contribution in [0, 0.1) is 0 Å². The average Bonchev–Trinajstić information content (AvgIpc) is 2.93. The quantitative estimate of drug-likeness (QED) is 0.274. The van der Waals surface area contributed by atoms with Crippen molar-refractivity contribution in [3.05, 3.63) is 63.3 Å². The van der Waals surface area contributed by atoms with Gasteiger partial charge < -0.3 is 19.5 Å². The lowest BCUT2D eigenvalue weighted by molar-refractivity contribution is -0.113. The van der Waals surface area contributed by atoms with E-state index in [1.165, 1.54) is 40.0 Å². The third-order valence-electron chi connectivity index (χ3n) is 5.63. The monoisotopic (exact) mass is 523 g/mol. The van der Waals surface area contributed by atoms with Crippen molar-refractivity contribution in [1.29, 1.82) is 0 Å². The Morgan fingerprint density at radius 3 is 2.32 bits per heavy atom. The van der Waals surface area contributed by atoms with Gasteiger partial charge in [-0.2, -0.15) is 0 Å². The molecule has 0 fully saturated rings. The number of para-hydroxylation sites is 2. The van der Waals surface area contributed by atoms with Gasteiger partial charge in [-0.25, -0.2) is 14.8 Å². The Bertz CT molecular complexity index is 1610. The van der Waals surface area contributed by atoms with Crippen LogP contribution in [-0.2, 0) is 18.9 Å². The SMILES string of the molecule is COc1ccccc1NC(=O)CSc1nc(-c2ccc(OC)c(OC)c2)nc2c1c(=O)n(C)c(=O)n2C. The maximum Gasteiger partial charge on any atom is 0.332 e. The summed E-state index contributed by atoms with van der Waals surface area (Å²) in [6.45, 7) is 0. The Hall–Kier alpha value is -4.32. The number of thioether (sulfide) groups is 1. The molecule has 0 unspecified atom stereocenters. The second-order valence-electron chi connectivity index (χ2n) is 7.86. The van der Waals surface area contributed by atoms with E-state index in [1.54, 1.807) is 42.5 Å². The van der Waals surface area contributed by atoms with E-state index in [9.17, 15) is 14.4 Å². The van der Waals surface area contributed by atoms with Gasteiger partial charge in [0.2, 0.25) is 5.91 Å². The molecular weight excluding hydrogens is 498 g/mol. The van der Waals surface area contributed by atoms with Crippen molar-refractivity contribution in [2.75, 3.05) is 32.4 Å². The van der Waals surface area contributed by atoms with E-state index in [4.69, 9.17) is 14.2 Å². The van der Waals surface area contributed by atoms with Gasteiger partial charge in [0.1, 0.15) is 16.2 Å². The first-order chi connectivity index (χ1) is 17.8. The van der Waals surface area contributed by atoms with Crippen LogP contribution in [0.2, 0.25) is 0 Å². The van der Waals surface area contributed by atoms with Crippen molar-refractivity contribution in [1.82, 2.24) is 19.1 Å². The van der Waals surface area contributed by atoms with Gasteiger partial charge in [0.25, 0.3) is 5.56 Å². The number of methoxy groups -OCH3 is 3. The number of aromatic nitrogens is 4. The molecule has 1 amide bonds. The Balaban J connectivity index is 1.78. The minimum Gasteiger partial charge on any atom is -0.495 e. The third kappa shape index (κ3) is 5.00. The molecule has 4 aromatic rings. The molecule has 11 nitrogen and oxygen atoms in total. The van der Waals surface area contributed by atoms with Gasteiger partial charge in [0.05, 0.1) is 32.8 Å². The first kappa shape index (κ1) is 25.8. The molecule has 1 N–H and O–H groups in total. The van der Waals surface area contributed by atoms with E-state index < -0.39 is 11.2 Å². The number of amides is 1. The largest absolute Gasteiger partial charge is 0.495 e. The lowest BCUT2D eigenvalue weighted by atomic mass is 10.2. The third-order valence-corrected chi connectivity index (χ3v) is 6.60. The summed E-state index contributed by atoms with van der Waals surface area (Å²) in [5.41, 5.74) is 0.171. The number of hydrogen-bond donors (Lipinski definition) is 1. The van der Waals surface area contributed by atoms with Crippen LogP contribution in [0.15, 0.2) is 57.1 Å². The summed E-state index contributed by atoms with van der Waals surface area (Å²) in [6.07, 6.45) is 0. The molecule has 0 spiro atoms. The fourth-order valence-electron chi connectivity index (χ4n) is 3.71. The van der Waals surface area contributed by atoms with E-state index in [-0.39, 0.29) is 33.5 Å². The summed E-state index contributed by atoms with van der Waals surface area (Å²) < 4.78 is 18.2. The predicted octanol–water partition coefficient (Wildman–Crippen LogP) is 2.45. The minimum absolute atomic E-state index is 0.0540. The van der Waals surface area contributed by atoms with Gasteiger partial charge in [-0.05, 0) is 30.3 Å². The summed E-state index contributed by atoms with van der Waals surface area (Å²) in [5.74, 6) is 1.39. The summed E-state index contributed by atoms with van der Waals surface area (Å²) in [5, 5.41) is 3.21. The zero-order chi connectivity index (χ0) is 26.7. The first-order valence-corrected chi connectivity index (χ1v) is 12.0. The molecule has 37 heavy (non-hydrogen) atoms. The predicted molar refractivity (Wildman–Crippen MR) is 141 cm³/mol. The van der Waals surface area contributed by atoms with Crippen LogP contribution in [0.1, 0.15) is 0 Å². The van der Waals surface area contributed by atoms with Gasteiger partial charge in [0, 0.05) is 19.7 Å². The Labute approximate surface area is 216 Å². The van der Waals surface area contributed by atoms with Crippen LogP contribution >= 0.6 is 11.8 Å². The van der Waals surface area contributed by atoms with E-state index in [2.05, 4.69) is 15.3 Å². The molecule has 12 heteroatoms. The molecule has 0 bridgehead atoms. The standard InChI is InChI=1S/C25H25N5O6S/c1-29-22-20(24(32)30(2)25(29)33)23(37-13-19(31)26-15-8-6-7-9-16(15)34-3)28-21(27-22)14-10-11-17(35-4)18(12-14)36-5/h6-12H,13H2,1-5H3,(H,26,31). The molecule has 2 heterocycles. The van der Waals surface area contributed by atoms with Crippen molar-refractivity contribution in [3.8, 4) is 28.6 Å². The number of aryl methyl sites for hydroxylation is 1.